The molecule has 1 atom stereocenters. The maximum Gasteiger partial charge on any atom is 0.335 e. The lowest BCUT2D eigenvalue weighted by molar-refractivity contribution is -0.113. The largest absolute Gasteiger partial charge is 0.478 e. The van der Waals surface area contributed by atoms with Crippen LogP contribution in [0, 0.1) is 5.92 Å². The molecular formula is C24H27N5O4S. The van der Waals surface area contributed by atoms with E-state index >= 15 is 0 Å². The Balaban J connectivity index is 1.67. The van der Waals surface area contributed by atoms with Gasteiger partial charge in [0.1, 0.15) is 0 Å². The van der Waals surface area contributed by atoms with E-state index < -0.39 is 5.97 Å². The molecule has 0 saturated heterocycles. The summed E-state index contributed by atoms with van der Waals surface area (Å²) in [6.45, 7) is 6.53. The number of rotatable bonds is 10. The van der Waals surface area contributed by atoms with Gasteiger partial charge < -0.3 is 20.3 Å². The average molecular weight is 482 g/mol. The van der Waals surface area contributed by atoms with Gasteiger partial charge in [-0.3, -0.25) is 9.59 Å². The molecule has 0 saturated carbocycles. The number of carbonyl (C=O) groups is 3. The summed E-state index contributed by atoms with van der Waals surface area (Å²) in [7, 11) is 0. The van der Waals surface area contributed by atoms with Crippen LogP contribution in [-0.2, 0) is 11.3 Å². The lowest BCUT2D eigenvalue weighted by atomic mass is 10.0. The first kappa shape index (κ1) is 25.0. The minimum absolute atomic E-state index is 0.0667. The fraction of sp³-hybridized carbons (Fsp3) is 0.292. The predicted molar refractivity (Wildman–Crippen MR) is 130 cm³/mol. The van der Waals surface area contributed by atoms with Gasteiger partial charge in [-0.05, 0) is 49.2 Å². The molecule has 34 heavy (non-hydrogen) atoms. The highest BCUT2D eigenvalue weighted by atomic mass is 32.2. The number of aromatic carboxylic acids is 1. The van der Waals surface area contributed by atoms with Crippen molar-refractivity contribution >= 4 is 35.2 Å². The Bertz CT molecular complexity index is 1150. The van der Waals surface area contributed by atoms with Gasteiger partial charge in [0.05, 0.1) is 17.4 Å². The van der Waals surface area contributed by atoms with Crippen molar-refractivity contribution in [2.24, 2.45) is 5.92 Å². The second-order valence-corrected chi connectivity index (χ2v) is 8.81. The summed E-state index contributed by atoms with van der Waals surface area (Å²) in [5, 5.41) is 23.9. The third-order valence-corrected chi connectivity index (χ3v) is 6.04. The molecule has 0 spiro atoms. The van der Waals surface area contributed by atoms with Gasteiger partial charge in [-0.25, -0.2) is 4.79 Å². The van der Waals surface area contributed by atoms with Crippen LogP contribution in [0.4, 0.5) is 5.69 Å². The van der Waals surface area contributed by atoms with Crippen LogP contribution in [0.15, 0.2) is 59.8 Å². The summed E-state index contributed by atoms with van der Waals surface area (Å²) in [4.78, 5) is 36.1. The van der Waals surface area contributed by atoms with E-state index in [9.17, 15) is 14.4 Å². The molecule has 10 heteroatoms. The Hall–Kier alpha value is -3.66. The van der Waals surface area contributed by atoms with Crippen LogP contribution in [0.2, 0.25) is 0 Å². The van der Waals surface area contributed by atoms with Crippen LogP contribution in [0.1, 0.15) is 53.4 Å². The number of aromatic nitrogens is 3. The molecule has 3 aromatic rings. The Morgan fingerprint density at radius 2 is 1.68 bits per heavy atom. The minimum Gasteiger partial charge on any atom is -0.478 e. The SMILES string of the molecule is CCn1c(SCC(=O)Nc2ccc(C(=O)O)cc2)nnc1[C@H](NC(=O)c1ccccc1)C(C)C. The van der Waals surface area contributed by atoms with Gasteiger partial charge in [-0.15, -0.1) is 10.2 Å². The van der Waals surface area contributed by atoms with Crippen LogP contribution < -0.4 is 10.6 Å². The maximum absolute atomic E-state index is 12.7. The van der Waals surface area contributed by atoms with Crippen molar-refractivity contribution in [3.63, 3.8) is 0 Å². The van der Waals surface area contributed by atoms with Crippen LogP contribution in [0.3, 0.4) is 0 Å². The maximum atomic E-state index is 12.7. The lowest BCUT2D eigenvalue weighted by Crippen LogP contribution is -2.33. The number of thioether (sulfide) groups is 1. The zero-order valence-electron chi connectivity index (χ0n) is 19.2. The molecule has 0 aliphatic heterocycles. The number of carbonyl (C=O) groups excluding carboxylic acids is 2. The number of hydrogen-bond acceptors (Lipinski definition) is 6. The van der Waals surface area contributed by atoms with E-state index in [1.165, 1.54) is 23.9 Å². The second kappa shape index (κ2) is 11.5. The van der Waals surface area contributed by atoms with E-state index in [2.05, 4.69) is 20.8 Å². The standard InChI is InChI=1S/C24H27N5O4S/c1-4-29-21(20(15(2)3)26-22(31)16-8-6-5-7-9-16)27-28-24(29)34-14-19(30)25-18-12-10-17(11-13-18)23(32)33/h5-13,15,20H,4,14H2,1-3H3,(H,25,30)(H,26,31)(H,32,33)/t20-/m1/s1. The summed E-state index contributed by atoms with van der Waals surface area (Å²) in [5.41, 5.74) is 1.23. The molecule has 9 nitrogen and oxygen atoms in total. The van der Waals surface area contributed by atoms with E-state index in [1.807, 2.05) is 43.5 Å². The molecular weight excluding hydrogens is 454 g/mol. The highest BCUT2D eigenvalue weighted by molar-refractivity contribution is 7.99. The number of benzene rings is 2. The topological polar surface area (TPSA) is 126 Å². The van der Waals surface area contributed by atoms with Gasteiger partial charge in [0.15, 0.2) is 11.0 Å². The molecule has 1 aromatic heterocycles. The normalized spacial score (nSPS) is 11.8. The Morgan fingerprint density at radius 3 is 2.26 bits per heavy atom. The highest BCUT2D eigenvalue weighted by Gasteiger charge is 2.26. The molecule has 0 aliphatic rings. The van der Waals surface area contributed by atoms with E-state index in [-0.39, 0.29) is 35.1 Å². The second-order valence-electron chi connectivity index (χ2n) is 7.87. The van der Waals surface area contributed by atoms with Crippen LogP contribution in [-0.4, -0.2) is 43.4 Å². The van der Waals surface area contributed by atoms with Gasteiger partial charge in [0.2, 0.25) is 5.91 Å². The zero-order valence-corrected chi connectivity index (χ0v) is 20.0. The number of hydrogen-bond donors (Lipinski definition) is 3. The highest BCUT2D eigenvalue weighted by Crippen LogP contribution is 2.25. The van der Waals surface area contributed by atoms with E-state index in [0.29, 0.717) is 28.8 Å². The number of nitrogens with one attached hydrogen (secondary N) is 2. The number of carboxylic acid groups (broad SMARTS) is 1. The van der Waals surface area contributed by atoms with E-state index in [0.717, 1.165) is 0 Å². The van der Waals surface area contributed by atoms with Crippen LogP contribution >= 0.6 is 11.8 Å². The average Bonchev–Trinajstić information content (AvgIpc) is 3.24. The number of carboxylic acids is 1. The number of amides is 2. The van der Waals surface area contributed by atoms with E-state index in [4.69, 9.17) is 5.11 Å². The van der Waals surface area contributed by atoms with Gasteiger partial charge in [0, 0.05) is 17.8 Å². The molecule has 178 valence electrons. The molecule has 2 amide bonds. The fourth-order valence-corrected chi connectivity index (χ4v) is 4.11. The third kappa shape index (κ3) is 6.22. The van der Waals surface area contributed by atoms with Crippen molar-refractivity contribution in [1.82, 2.24) is 20.1 Å². The van der Waals surface area contributed by atoms with Crippen molar-refractivity contribution in [1.29, 1.82) is 0 Å². The number of nitrogens with zero attached hydrogens (tertiary/aromatic N) is 3. The predicted octanol–water partition coefficient (Wildman–Crippen LogP) is 3.85. The molecule has 3 N–H and O–H groups in total. The molecule has 3 rings (SSSR count). The van der Waals surface area contributed by atoms with Crippen LogP contribution in [0.5, 0.6) is 0 Å². The van der Waals surface area contributed by atoms with Crippen molar-refractivity contribution in [2.75, 3.05) is 11.1 Å². The molecule has 0 aliphatic carbocycles. The zero-order chi connectivity index (χ0) is 24.7. The molecule has 0 fully saturated rings. The minimum atomic E-state index is -1.03. The molecule has 0 bridgehead atoms. The third-order valence-electron chi connectivity index (χ3n) is 5.08. The smallest absolute Gasteiger partial charge is 0.335 e. The van der Waals surface area contributed by atoms with Crippen molar-refractivity contribution < 1.29 is 19.5 Å². The van der Waals surface area contributed by atoms with Crippen molar-refractivity contribution in [2.45, 2.75) is 38.5 Å². The molecule has 0 radical (unpaired) electrons. The molecule has 1 heterocycles. The van der Waals surface area contributed by atoms with Crippen molar-refractivity contribution in [3.8, 4) is 0 Å². The Kier molecular flexibility index (Phi) is 8.42. The van der Waals surface area contributed by atoms with Crippen LogP contribution in [0.25, 0.3) is 0 Å². The summed E-state index contributed by atoms with van der Waals surface area (Å²) < 4.78 is 1.90. The molecule has 2 aromatic carbocycles. The first-order valence-corrected chi connectivity index (χ1v) is 11.8. The van der Waals surface area contributed by atoms with Gasteiger partial charge >= 0.3 is 5.97 Å². The quantitative estimate of drug-likeness (QED) is 0.375. The Morgan fingerprint density at radius 1 is 1.00 bits per heavy atom. The summed E-state index contributed by atoms with van der Waals surface area (Å²) in [6, 6.07) is 14.6. The number of anilines is 1. The monoisotopic (exact) mass is 481 g/mol. The van der Waals surface area contributed by atoms with Gasteiger partial charge in [0.25, 0.3) is 5.91 Å². The lowest BCUT2D eigenvalue weighted by Gasteiger charge is -2.22. The van der Waals surface area contributed by atoms with E-state index in [1.54, 1.807) is 24.3 Å². The Labute approximate surface area is 202 Å². The van der Waals surface area contributed by atoms with Gasteiger partial charge in [-0.2, -0.15) is 0 Å². The fourth-order valence-electron chi connectivity index (χ4n) is 3.30. The first-order chi connectivity index (χ1) is 16.3. The molecule has 0 unspecified atom stereocenters. The summed E-state index contributed by atoms with van der Waals surface area (Å²) in [5.74, 6) is -0.666. The van der Waals surface area contributed by atoms with Gasteiger partial charge in [-0.1, -0.05) is 43.8 Å². The first-order valence-electron chi connectivity index (χ1n) is 10.8. The summed E-state index contributed by atoms with van der Waals surface area (Å²) in [6.07, 6.45) is 0. The van der Waals surface area contributed by atoms with Crippen molar-refractivity contribution in [3.05, 3.63) is 71.5 Å². The summed E-state index contributed by atoms with van der Waals surface area (Å²) >= 11 is 1.24.